The highest BCUT2D eigenvalue weighted by Gasteiger charge is 2.40. The molecule has 0 unspecified atom stereocenters. The minimum absolute atomic E-state index is 0.195. The maximum Gasteiger partial charge on any atom is 0.166 e. The van der Waals surface area contributed by atoms with Crippen molar-refractivity contribution in [2.24, 2.45) is 0 Å². The Morgan fingerprint density at radius 3 is 2.11 bits per heavy atom. The Kier molecular flexibility index (Phi) is 5.36. The van der Waals surface area contributed by atoms with E-state index in [-0.39, 0.29) is 12.2 Å². The lowest BCUT2D eigenvalue weighted by Gasteiger charge is -2.42. The first-order valence-corrected chi connectivity index (χ1v) is 9.84. The number of fused-ring (bicyclic) bond motifs is 3. The molecule has 5 nitrogen and oxygen atoms in total. The molecule has 1 saturated carbocycles. The lowest BCUT2D eigenvalue weighted by molar-refractivity contribution is -0.0399. The van der Waals surface area contributed by atoms with Gasteiger partial charge < -0.3 is 23.7 Å². The van der Waals surface area contributed by atoms with Crippen molar-refractivity contribution in [2.45, 2.75) is 43.8 Å². The van der Waals surface area contributed by atoms with E-state index in [0.29, 0.717) is 23.2 Å². The lowest BCUT2D eigenvalue weighted by atomic mass is 9.75. The Labute approximate surface area is 166 Å². The second-order valence-electron chi connectivity index (χ2n) is 7.36. The van der Waals surface area contributed by atoms with E-state index in [1.54, 1.807) is 28.4 Å². The van der Waals surface area contributed by atoms with Crippen LogP contribution in [0, 0.1) is 0 Å². The Bertz CT molecular complexity index is 847. The zero-order valence-corrected chi connectivity index (χ0v) is 17.0. The van der Waals surface area contributed by atoms with E-state index < -0.39 is 0 Å². The van der Waals surface area contributed by atoms with Crippen molar-refractivity contribution in [1.82, 2.24) is 0 Å². The summed E-state index contributed by atoms with van der Waals surface area (Å²) in [5.41, 5.74) is 3.38. The van der Waals surface area contributed by atoms with Crippen LogP contribution in [0.15, 0.2) is 30.3 Å². The first-order chi connectivity index (χ1) is 13.7. The van der Waals surface area contributed by atoms with Gasteiger partial charge in [0.15, 0.2) is 23.0 Å². The van der Waals surface area contributed by atoms with Crippen LogP contribution in [0.4, 0.5) is 0 Å². The normalized spacial score (nSPS) is 23.4. The van der Waals surface area contributed by atoms with E-state index in [4.69, 9.17) is 23.7 Å². The molecule has 1 fully saturated rings. The monoisotopic (exact) mass is 384 g/mol. The first kappa shape index (κ1) is 18.9. The van der Waals surface area contributed by atoms with Gasteiger partial charge in [0.25, 0.3) is 0 Å². The first-order valence-electron chi connectivity index (χ1n) is 9.84. The molecule has 1 aliphatic heterocycles. The molecule has 4 rings (SSSR count). The van der Waals surface area contributed by atoms with Crippen molar-refractivity contribution in [3.8, 4) is 23.0 Å². The van der Waals surface area contributed by atoms with Crippen molar-refractivity contribution >= 4 is 0 Å². The second kappa shape index (κ2) is 7.92. The highest BCUT2D eigenvalue weighted by atomic mass is 16.5. The average molecular weight is 384 g/mol. The van der Waals surface area contributed by atoms with Crippen molar-refractivity contribution in [1.29, 1.82) is 0 Å². The number of para-hydroxylation sites is 1. The largest absolute Gasteiger partial charge is 0.493 e. The molecule has 0 radical (unpaired) electrons. The zero-order valence-electron chi connectivity index (χ0n) is 17.0. The third-order valence-electron chi connectivity index (χ3n) is 6.00. The summed E-state index contributed by atoms with van der Waals surface area (Å²) < 4.78 is 29.1. The predicted molar refractivity (Wildman–Crippen MR) is 107 cm³/mol. The molecule has 0 N–H and O–H groups in total. The Hall–Kier alpha value is -2.40. The smallest absolute Gasteiger partial charge is 0.166 e. The summed E-state index contributed by atoms with van der Waals surface area (Å²) in [5.74, 6) is 3.28. The minimum Gasteiger partial charge on any atom is -0.493 e. The Balaban J connectivity index is 1.90. The number of ether oxygens (including phenoxy) is 5. The molecule has 2 aromatic rings. The number of methoxy groups -OCH3 is 4. The van der Waals surface area contributed by atoms with Gasteiger partial charge in [-0.15, -0.1) is 0 Å². The zero-order chi connectivity index (χ0) is 19.7. The predicted octanol–water partition coefficient (Wildman–Crippen LogP) is 4.87. The molecule has 2 aromatic carbocycles. The van der Waals surface area contributed by atoms with Crippen LogP contribution in [0.2, 0.25) is 0 Å². The number of benzene rings is 2. The van der Waals surface area contributed by atoms with Crippen LogP contribution in [0.1, 0.15) is 54.4 Å². The SMILES string of the molecule is COc1cc2c(cc1OC)[C@H]1CCCC[C@@H]1O[C@@H]2c1cccc(OC)c1OC. The Morgan fingerprint density at radius 2 is 1.43 bits per heavy atom. The summed E-state index contributed by atoms with van der Waals surface area (Å²) >= 11 is 0. The van der Waals surface area contributed by atoms with Crippen LogP contribution in [0.3, 0.4) is 0 Å². The molecular formula is C23H28O5. The summed E-state index contributed by atoms with van der Waals surface area (Å²) in [7, 11) is 6.68. The molecule has 0 amide bonds. The van der Waals surface area contributed by atoms with Crippen LogP contribution < -0.4 is 18.9 Å². The molecule has 1 aliphatic carbocycles. The van der Waals surface area contributed by atoms with E-state index in [2.05, 4.69) is 18.2 Å². The molecule has 5 heteroatoms. The standard InChI is InChI=1S/C23H28O5/c1-24-19-11-7-9-15(23(19)27-4)22-17-13-21(26-3)20(25-2)12-16(17)14-8-5-6-10-18(14)28-22/h7,9,11-14,18,22H,5-6,8,10H2,1-4H3/t14-,18+,22-/m1/s1. The molecule has 3 atom stereocenters. The fourth-order valence-corrected chi connectivity index (χ4v) is 4.68. The van der Waals surface area contributed by atoms with Crippen molar-refractivity contribution in [3.05, 3.63) is 47.0 Å². The number of rotatable bonds is 5. The second-order valence-corrected chi connectivity index (χ2v) is 7.36. The summed E-state index contributed by atoms with van der Waals surface area (Å²) in [5, 5.41) is 0. The highest BCUT2D eigenvalue weighted by Crippen LogP contribution is 2.51. The topological polar surface area (TPSA) is 46.2 Å². The summed E-state index contributed by atoms with van der Waals surface area (Å²) in [6, 6.07) is 10.1. The van der Waals surface area contributed by atoms with Crippen molar-refractivity contribution in [2.75, 3.05) is 28.4 Å². The van der Waals surface area contributed by atoms with Gasteiger partial charge in [0.1, 0.15) is 6.10 Å². The lowest BCUT2D eigenvalue weighted by Crippen LogP contribution is -2.34. The van der Waals surface area contributed by atoms with E-state index >= 15 is 0 Å². The van der Waals surface area contributed by atoms with Gasteiger partial charge in [0.2, 0.25) is 0 Å². The molecular weight excluding hydrogens is 356 g/mol. The van der Waals surface area contributed by atoms with Gasteiger partial charge in [-0.2, -0.15) is 0 Å². The molecule has 28 heavy (non-hydrogen) atoms. The molecule has 1 heterocycles. The van der Waals surface area contributed by atoms with Gasteiger partial charge >= 0.3 is 0 Å². The van der Waals surface area contributed by atoms with E-state index in [9.17, 15) is 0 Å². The quantitative estimate of drug-likeness (QED) is 0.736. The van der Waals surface area contributed by atoms with Gasteiger partial charge in [-0.1, -0.05) is 25.0 Å². The van der Waals surface area contributed by atoms with Crippen LogP contribution in [0.25, 0.3) is 0 Å². The van der Waals surface area contributed by atoms with Crippen LogP contribution in [0.5, 0.6) is 23.0 Å². The molecule has 0 saturated heterocycles. The van der Waals surface area contributed by atoms with Crippen LogP contribution >= 0.6 is 0 Å². The van der Waals surface area contributed by atoms with Crippen LogP contribution in [-0.4, -0.2) is 34.5 Å². The summed E-state index contributed by atoms with van der Waals surface area (Å²) in [4.78, 5) is 0. The van der Waals surface area contributed by atoms with Gasteiger partial charge in [0, 0.05) is 11.5 Å². The van der Waals surface area contributed by atoms with E-state index in [1.165, 1.54) is 18.4 Å². The van der Waals surface area contributed by atoms with Crippen molar-refractivity contribution < 1.29 is 23.7 Å². The molecule has 150 valence electrons. The fourth-order valence-electron chi connectivity index (χ4n) is 4.68. The molecule has 0 bridgehead atoms. The maximum atomic E-state index is 6.69. The Morgan fingerprint density at radius 1 is 0.750 bits per heavy atom. The molecule has 0 aromatic heterocycles. The van der Waals surface area contributed by atoms with Gasteiger partial charge in [-0.25, -0.2) is 0 Å². The fraction of sp³-hybridized carbons (Fsp3) is 0.478. The van der Waals surface area contributed by atoms with Gasteiger partial charge in [-0.05, 0) is 42.2 Å². The average Bonchev–Trinajstić information content (AvgIpc) is 2.76. The molecule has 2 aliphatic rings. The van der Waals surface area contributed by atoms with E-state index in [0.717, 1.165) is 29.7 Å². The number of hydrogen-bond donors (Lipinski definition) is 0. The summed E-state index contributed by atoms with van der Waals surface area (Å²) in [6.45, 7) is 0. The van der Waals surface area contributed by atoms with Crippen LogP contribution in [-0.2, 0) is 4.74 Å². The van der Waals surface area contributed by atoms with Gasteiger partial charge in [-0.3, -0.25) is 0 Å². The van der Waals surface area contributed by atoms with Gasteiger partial charge in [0.05, 0.1) is 34.5 Å². The highest BCUT2D eigenvalue weighted by molar-refractivity contribution is 5.56. The van der Waals surface area contributed by atoms with Crippen molar-refractivity contribution in [3.63, 3.8) is 0 Å². The molecule has 0 spiro atoms. The third-order valence-corrected chi connectivity index (χ3v) is 6.00. The minimum atomic E-state index is -0.237. The summed E-state index contributed by atoms with van der Waals surface area (Å²) in [6.07, 6.45) is 4.59. The van der Waals surface area contributed by atoms with E-state index in [1.807, 2.05) is 12.1 Å². The number of hydrogen-bond acceptors (Lipinski definition) is 5. The third kappa shape index (κ3) is 3.08. The maximum absolute atomic E-state index is 6.69.